The molecule has 1 saturated heterocycles. The van der Waals surface area contributed by atoms with Crippen molar-refractivity contribution in [2.45, 2.75) is 58.1 Å². The number of hydrogen-bond donors (Lipinski definition) is 2. The molecular formula is C15H32N2O2. The van der Waals surface area contributed by atoms with Gasteiger partial charge in [-0.1, -0.05) is 13.8 Å². The fourth-order valence-electron chi connectivity index (χ4n) is 2.67. The molecule has 0 aromatic rings. The van der Waals surface area contributed by atoms with Crippen LogP contribution in [0.3, 0.4) is 0 Å². The molecule has 0 saturated carbocycles. The highest BCUT2D eigenvalue weighted by Gasteiger charge is 2.22. The van der Waals surface area contributed by atoms with Crippen LogP contribution >= 0.6 is 0 Å². The van der Waals surface area contributed by atoms with Gasteiger partial charge in [0.15, 0.2) is 0 Å². The molecule has 0 bridgehead atoms. The lowest BCUT2D eigenvalue weighted by Gasteiger charge is -2.35. The minimum absolute atomic E-state index is 0.269. The molecule has 0 amide bonds. The van der Waals surface area contributed by atoms with Crippen LogP contribution in [0, 0.1) is 0 Å². The Bertz CT molecular complexity index is 214. The molecule has 0 aromatic carbocycles. The zero-order valence-electron chi connectivity index (χ0n) is 12.7. The van der Waals surface area contributed by atoms with Crippen molar-refractivity contribution in [3.63, 3.8) is 0 Å². The van der Waals surface area contributed by atoms with Gasteiger partial charge >= 0.3 is 0 Å². The Morgan fingerprint density at radius 1 is 1.37 bits per heavy atom. The van der Waals surface area contributed by atoms with E-state index in [1.807, 2.05) is 0 Å². The Kier molecular flexibility index (Phi) is 9.43. The van der Waals surface area contributed by atoms with Crippen molar-refractivity contribution in [1.82, 2.24) is 10.2 Å². The maximum atomic E-state index is 9.15. The Hall–Kier alpha value is -0.160. The van der Waals surface area contributed by atoms with Gasteiger partial charge in [0.1, 0.15) is 0 Å². The maximum absolute atomic E-state index is 9.15. The smallest absolute Gasteiger partial charge is 0.0702 e. The van der Waals surface area contributed by atoms with Gasteiger partial charge < -0.3 is 15.2 Å². The zero-order valence-corrected chi connectivity index (χ0v) is 12.7. The molecule has 0 spiro atoms. The van der Waals surface area contributed by atoms with Gasteiger partial charge in [0, 0.05) is 32.3 Å². The summed E-state index contributed by atoms with van der Waals surface area (Å²) >= 11 is 0. The van der Waals surface area contributed by atoms with Crippen molar-refractivity contribution in [3.8, 4) is 0 Å². The molecule has 1 heterocycles. The lowest BCUT2D eigenvalue weighted by Crippen LogP contribution is -2.47. The maximum Gasteiger partial charge on any atom is 0.0702 e. The summed E-state index contributed by atoms with van der Waals surface area (Å²) in [6, 6.07) is 0.412. The number of nitrogens with one attached hydrogen (secondary N) is 1. The van der Waals surface area contributed by atoms with Crippen LogP contribution in [-0.2, 0) is 4.74 Å². The van der Waals surface area contributed by atoms with Gasteiger partial charge in [0.05, 0.1) is 6.10 Å². The van der Waals surface area contributed by atoms with Crippen molar-refractivity contribution >= 4 is 0 Å². The topological polar surface area (TPSA) is 44.7 Å². The van der Waals surface area contributed by atoms with Crippen molar-refractivity contribution in [3.05, 3.63) is 0 Å². The largest absolute Gasteiger partial charge is 0.396 e. The highest BCUT2D eigenvalue weighted by atomic mass is 16.5. The van der Waals surface area contributed by atoms with Gasteiger partial charge in [-0.2, -0.15) is 0 Å². The van der Waals surface area contributed by atoms with Crippen molar-refractivity contribution in [2.75, 3.05) is 39.4 Å². The number of piperidine rings is 1. The molecule has 2 N–H and O–H groups in total. The average Bonchev–Trinajstić information content (AvgIpc) is 2.43. The van der Waals surface area contributed by atoms with Crippen LogP contribution in [0.1, 0.15) is 46.0 Å². The molecule has 1 fully saturated rings. The van der Waals surface area contributed by atoms with E-state index < -0.39 is 0 Å². The number of rotatable bonds is 10. The fourth-order valence-corrected chi connectivity index (χ4v) is 2.67. The highest BCUT2D eigenvalue weighted by molar-refractivity contribution is 4.78. The molecule has 114 valence electrons. The number of hydrogen-bond acceptors (Lipinski definition) is 4. The van der Waals surface area contributed by atoms with Crippen molar-refractivity contribution in [2.24, 2.45) is 0 Å². The summed E-state index contributed by atoms with van der Waals surface area (Å²) < 4.78 is 5.87. The second kappa shape index (κ2) is 10.6. The Morgan fingerprint density at radius 3 is 2.89 bits per heavy atom. The summed E-state index contributed by atoms with van der Waals surface area (Å²) in [5.74, 6) is 0. The predicted octanol–water partition coefficient (Wildman–Crippen LogP) is 1.63. The molecule has 19 heavy (non-hydrogen) atoms. The summed E-state index contributed by atoms with van der Waals surface area (Å²) in [6.45, 7) is 9.78. The van der Waals surface area contributed by atoms with E-state index in [0.717, 1.165) is 45.5 Å². The van der Waals surface area contributed by atoms with Crippen LogP contribution in [0.2, 0.25) is 0 Å². The summed E-state index contributed by atoms with van der Waals surface area (Å²) in [4.78, 5) is 2.49. The monoisotopic (exact) mass is 272 g/mol. The van der Waals surface area contributed by atoms with Gasteiger partial charge in [0.2, 0.25) is 0 Å². The zero-order chi connectivity index (χ0) is 13.9. The third-order valence-electron chi connectivity index (χ3n) is 3.66. The number of likely N-dealkylation sites (tertiary alicyclic amines) is 1. The lowest BCUT2D eigenvalue weighted by molar-refractivity contribution is -0.00281. The third kappa shape index (κ3) is 7.25. The van der Waals surface area contributed by atoms with E-state index in [9.17, 15) is 0 Å². The highest BCUT2D eigenvalue weighted by Crippen LogP contribution is 2.14. The number of aliphatic hydroxyl groups excluding tert-OH is 1. The first-order chi connectivity index (χ1) is 9.30. The lowest BCUT2D eigenvalue weighted by atomic mass is 10.1. The first-order valence-corrected chi connectivity index (χ1v) is 7.98. The van der Waals surface area contributed by atoms with Crippen molar-refractivity contribution < 1.29 is 9.84 Å². The summed E-state index contributed by atoms with van der Waals surface area (Å²) in [5, 5.41) is 12.7. The predicted molar refractivity (Wildman–Crippen MR) is 79.5 cm³/mol. The molecule has 2 unspecified atom stereocenters. The van der Waals surface area contributed by atoms with E-state index in [-0.39, 0.29) is 6.61 Å². The number of nitrogens with zero attached hydrogens (tertiary/aromatic N) is 1. The minimum atomic E-state index is 0.269. The Labute approximate surface area is 118 Å². The first kappa shape index (κ1) is 16.9. The van der Waals surface area contributed by atoms with Gasteiger partial charge in [-0.3, -0.25) is 4.90 Å². The molecule has 2 atom stereocenters. The van der Waals surface area contributed by atoms with Crippen LogP contribution in [0.5, 0.6) is 0 Å². The van der Waals surface area contributed by atoms with Crippen LogP contribution in [0.4, 0.5) is 0 Å². The first-order valence-electron chi connectivity index (χ1n) is 7.98. The Balaban J connectivity index is 2.31. The normalized spacial score (nSPS) is 22.6. The standard InChI is InChI=1S/C15H32N2O2/c1-3-8-16-14(7-10-18)12-17-9-5-6-15(13-17)19-11-4-2/h14-16,18H,3-13H2,1-2H3. The van der Waals surface area contributed by atoms with E-state index in [0.29, 0.717) is 12.1 Å². The molecule has 4 heteroatoms. The Morgan fingerprint density at radius 2 is 2.21 bits per heavy atom. The molecule has 4 nitrogen and oxygen atoms in total. The second-order valence-corrected chi connectivity index (χ2v) is 5.56. The van der Waals surface area contributed by atoms with Gasteiger partial charge in [-0.25, -0.2) is 0 Å². The molecular weight excluding hydrogens is 240 g/mol. The molecule has 0 aromatic heterocycles. The molecule has 1 aliphatic rings. The summed E-state index contributed by atoms with van der Waals surface area (Å²) in [7, 11) is 0. The van der Waals surface area contributed by atoms with E-state index in [4.69, 9.17) is 9.84 Å². The van der Waals surface area contributed by atoms with Crippen molar-refractivity contribution in [1.29, 1.82) is 0 Å². The van der Waals surface area contributed by atoms with Crippen LogP contribution in [-0.4, -0.2) is 61.5 Å². The average molecular weight is 272 g/mol. The van der Waals surface area contributed by atoms with Crippen LogP contribution < -0.4 is 5.32 Å². The van der Waals surface area contributed by atoms with Crippen LogP contribution in [0.15, 0.2) is 0 Å². The van der Waals surface area contributed by atoms with E-state index in [1.54, 1.807) is 0 Å². The third-order valence-corrected chi connectivity index (χ3v) is 3.66. The molecule has 1 rings (SSSR count). The van der Waals surface area contributed by atoms with Crippen LogP contribution in [0.25, 0.3) is 0 Å². The summed E-state index contributed by atoms with van der Waals surface area (Å²) in [5.41, 5.74) is 0. The number of aliphatic hydroxyl groups is 1. The molecule has 1 aliphatic heterocycles. The quantitative estimate of drug-likeness (QED) is 0.634. The van der Waals surface area contributed by atoms with Gasteiger partial charge in [-0.05, 0) is 45.2 Å². The van der Waals surface area contributed by atoms with E-state index in [2.05, 4.69) is 24.1 Å². The second-order valence-electron chi connectivity index (χ2n) is 5.56. The number of ether oxygens (including phenoxy) is 1. The van der Waals surface area contributed by atoms with Gasteiger partial charge in [0.25, 0.3) is 0 Å². The fraction of sp³-hybridized carbons (Fsp3) is 1.00. The van der Waals surface area contributed by atoms with Gasteiger partial charge in [-0.15, -0.1) is 0 Å². The summed E-state index contributed by atoms with van der Waals surface area (Å²) in [6.07, 6.45) is 5.93. The molecule has 0 aliphatic carbocycles. The van der Waals surface area contributed by atoms with E-state index in [1.165, 1.54) is 19.4 Å². The van der Waals surface area contributed by atoms with E-state index >= 15 is 0 Å². The molecule has 0 radical (unpaired) electrons. The SMILES string of the molecule is CCCNC(CCO)CN1CCCC(OCCC)C1. The minimum Gasteiger partial charge on any atom is -0.396 e.